The molecule has 4 aliphatic carbocycles. The summed E-state index contributed by atoms with van der Waals surface area (Å²) in [4.78, 5) is 38.0. The maximum absolute atomic E-state index is 17.3. The molecule has 0 heterocycles. The summed E-state index contributed by atoms with van der Waals surface area (Å²) in [5.74, 6) is -2.27. The summed E-state index contributed by atoms with van der Waals surface area (Å²) in [6, 6.07) is 0. The lowest BCUT2D eigenvalue weighted by Gasteiger charge is -2.62. The first-order valence-electron chi connectivity index (χ1n) is 16.4. The van der Waals surface area contributed by atoms with Crippen molar-refractivity contribution in [2.75, 3.05) is 19.8 Å². The van der Waals surface area contributed by atoms with Crippen LogP contribution in [0.2, 0.25) is 0 Å². The van der Waals surface area contributed by atoms with Crippen molar-refractivity contribution in [3.8, 4) is 0 Å². The Morgan fingerprint density at radius 1 is 1.05 bits per heavy atom. The Hall–Kier alpha value is -2.10. The van der Waals surface area contributed by atoms with Crippen LogP contribution >= 0.6 is 0 Å². The number of carbonyl (C=O) groups excluding carboxylic acids is 3. The van der Waals surface area contributed by atoms with E-state index in [1.54, 1.807) is 26.8 Å². The second-order valence-electron chi connectivity index (χ2n) is 14.0. The zero-order chi connectivity index (χ0) is 31.5. The lowest BCUT2D eigenvalue weighted by atomic mass is 9.45. The van der Waals surface area contributed by atoms with E-state index < -0.39 is 58.5 Å². The van der Waals surface area contributed by atoms with E-state index in [9.17, 15) is 24.6 Å². The van der Waals surface area contributed by atoms with Gasteiger partial charge in [-0.05, 0) is 56.9 Å². The van der Waals surface area contributed by atoms with E-state index in [1.807, 2.05) is 6.08 Å². The van der Waals surface area contributed by atoms with Gasteiger partial charge >= 0.3 is 6.09 Å². The maximum atomic E-state index is 17.3. The average Bonchev–Trinajstić information content (AvgIpc) is 3.17. The second kappa shape index (κ2) is 13.5. The fraction of sp³-hybridized carbons (Fsp3) is 0.794. The maximum Gasteiger partial charge on any atom is 0.407 e. The number of Topliss-reactive ketones (excluding diaryl/α,β-unsaturated/α-hetero) is 1. The molecular formula is C34H52FNO7. The lowest BCUT2D eigenvalue weighted by molar-refractivity contribution is -0.215. The van der Waals surface area contributed by atoms with Crippen LogP contribution in [0.25, 0.3) is 0 Å². The Balaban J connectivity index is 1.30. The second-order valence-corrected chi connectivity index (χ2v) is 14.0. The van der Waals surface area contributed by atoms with Crippen molar-refractivity contribution in [3.05, 3.63) is 23.8 Å². The van der Waals surface area contributed by atoms with Gasteiger partial charge in [0.1, 0.15) is 5.60 Å². The number of unbranched alkanes of at least 4 members (excludes halogenated alkanes) is 8. The quantitative estimate of drug-likeness (QED) is 0.159. The van der Waals surface area contributed by atoms with Crippen molar-refractivity contribution < 1.29 is 38.8 Å². The zero-order valence-corrected chi connectivity index (χ0v) is 26.2. The van der Waals surface area contributed by atoms with Crippen LogP contribution in [0.5, 0.6) is 0 Å². The van der Waals surface area contributed by atoms with Gasteiger partial charge in [0.25, 0.3) is 0 Å². The van der Waals surface area contributed by atoms with Gasteiger partial charge in [0.2, 0.25) is 5.78 Å². The smallest absolute Gasteiger partial charge is 0.407 e. The van der Waals surface area contributed by atoms with Crippen molar-refractivity contribution in [2.24, 2.45) is 28.6 Å². The standard InChI is InChI=1S/C34H52FNO7/c1-23-19-27-26-14-13-24-20-25(38)15-16-31(24,2)33(26,35)28(39)21-32(27,3)34(23,42)29(40)22-43-30(41)36-17-11-9-7-5-4-6-8-10-12-18-37/h13,15-16,23,26-28,37,39,42H,4-12,14,17-22H2,1-3H3,(H,36,41)/t23-,26?,27?,28?,31?,32?,33+,34+/m1/s1. The molecule has 0 aromatic rings. The largest absolute Gasteiger partial charge is 0.441 e. The minimum Gasteiger partial charge on any atom is -0.441 e. The summed E-state index contributed by atoms with van der Waals surface area (Å²) in [5.41, 5.74) is -5.49. The number of alkyl carbamates (subject to hydrolysis) is 1. The molecule has 242 valence electrons. The fourth-order valence-corrected chi connectivity index (χ4v) is 9.00. The molecule has 0 aliphatic heterocycles. The number of halogens is 1. The summed E-state index contributed by atoms with van der Waals surface area (Å²) < 4.78 is 22.5. The Morgan fingerprint density at radius 3 is 2.33 bits per heavy atom. The van der Waals surface area contributed by atoms with E-state index in [1.165, 1.54) is 18.9 Å². The molecule has 4 aliphatic rings. The van der Waals surface area contributed by atoms with Crippen molar-refractivity contribution >= 4 is 17.7 Å². The number of ether oxygens (including phenoxy) is 1. The minimum absolute atomic E-state index is 0.0866. The van der Waals surface area contributed by atoms with Gasteiger partial charge in [-0.1, -0.05) is 76.5 Å². The van der Waals surface area contributed by atoms with Crippen LogP contribution in [-0.2, 0) is 14.3 Å². The van der Waals surface area contributed by atoms with Crippen molar-refractivity contribution in [2.45, 2.75) is 122 Å². The molecule has 8 atom stereocenters. The summed E-state index contributed by atoms with van der Waals surface area (Å²) in [6.45, 7) is 5.37. The SMILES string of the molecule is C[C@@H]1CC2C3CC=C4CC(=O)C=CC4(C)[C@@]3(F)C(O)CC2(C)[C@@]1(O)C(=O)COC(=O)NCCCCCCCCCCCO. The molecular weight excluding hydrogens is 553 g/mol. The van der Waals surface area contributed by atoms with Crippen molar-refractivity contribution in [1.29, 1.82) is 0 Å². The Bertz CT molecular complexity index is 1110. The van der Waals surface area contributed by atoms with Crippen LogP contribution in [0.1, 0.15) is 104 Å². The number of aliphatic hydroxyl groups is 3. The first kappa shape index (κ1) is 33.8. The van der Waals surface area contributed by atoms with Gasteiger partial charge in [-0.15, -0.1) is 0 Å². The predicted molar refractivity (Wildman–Crippen MR) is 161 cm³/mol. The van der Waals surface area contributed by atoms with Crippen LogP contribution in [0.3, 0.4) is 0 Å². The highest BCUT2D eigenvalue weighted by Gasteiger charge is 2.75. The van der Waals surface area contributed by atoms with Crippen LogP contribution in [-0.4, -0.2) is 70.1 Å². The molecule has 1 amide bonds. The van der Waals surface area contributed by atoms with Gasteiger partial charge < -0.3 is 25.4 Å². The molecule has 9 heteroatoms. The highest BCUT2D eigenvalue weighted by molar-refractivity contribution is 5.94. The van der Waals surface area contributed by atoms with Gasteiger partial charge in [-0.25, -0.2) is 9.18 Å². The fourth-order valence-electron chi connectivity index (χ4n) is 9.00. The minimum atomic E-state index is -2.04. The van der Waals surface area contributed by atoms with Crippen LogP contribution in [0.15, 0.2) is 23.8 Å². The van der Waals surface area contributed by atoms with Gasteiger partial charge in [-0.3, -0.25) is 9.59 Å². The molecule has 8 nitrogen and oxygen atoms in total. The number of ketones is 2. The average molecular weight is 606 g/mol. The number of aliphatic hydroxyl groups excluding tert-OH is 2. The first-order chi connectivity index (χ1) is 20.4. The van der Waals surface area contributed by atoms with Crippen molar-refractivity contribution in [3.63, 3.8) is 0 Å². The number of fused-ring (bicyclic) bond motifs is 5. The number of hydrogen-bond donors (Lipinski definition) is 4. The van der Waals surface area contributed by atoms with E-state index in [4.69, 9.17) is 9.84 Å². The number of rotatable bonds is 14. The third-order valence-corrected chi connectivity index (χ3v) is 11.5. The molecule has 0 spiro atoms. The number of nitrogens with one attached hydrogen (secondary N) is 1. The molecule has 0 bridgehead atoms. The molecule has 0 aromatic heterocycles. The van der Waals surface area contributed by atoms with Crippen LogP contribution in [0, 0.1) is 28.6 Å². The highest BCUT2D eigenvalue weighted by Crippen LogP contribution is 2.70. The van der Waals surface area contributed by atoms with Crippen LogP contribution in [0.4, 0.5) is 9.18 Å². The number of carbonyl (C=O) groups is 3. The van der Waals surface area contributed by atoms with Gasteiger partial charge in [0.05, 0.1) is 6.10 Å². The van der Waals surface area contributed by atoms with Gasteiger partial charge in [0.15, 0.2) is 18.1 Å². The van der Waals surface area contributed by atoms with E-state index >= 15 is 4.39 Å². The summed E-state index contributed by atoms with van der Waals surface area (Å²) >= 11 is 0. The molecule has 5 unspecified atom stereocenters. The summed E-state index contributed by atoms with van der Waals surface area (Å²) in [7, 11) is 0. The third-order valence-electron chi connectivity index (χ3n) is 11.5. The van der Waals surface area contributed by atoms with E-state index in [0.29, 0.717) is 25.0 Å². The first-order valence-corrected chi connectivity index (χ1v) is 16.4. The number of alkyl halides is 1. The summed E-state index contributed by atoms with van der Waals surface area (Å²) in [6.07, 6.45) is 12.9. The third kappa shape index (κ3) is 5.98. The number of amides is 1. The highest BCUT2D eigenvalue weighted by atomic mass is 19.1. The van der Waals surface area contributed by atoms with Gasteiger partial charge in [-0.2, -0.15) is 0 Å². The van der Waals surface area contributed by atoms with Gasteiger partial charge in [0, 0.05) is 36.3 Å². The molecule has 4 rings (SSSR count). The monoisotopic (exact) mass is 605 g/mol. The normalized spacial score (nSPS) is 38.1. The Labute approximate surface area is 255 Å². The van der Waals surface area contributed by atoms with E-state index in [-0.39, 0.29) is 31.1 Å². The lowest BCUT2D eigenvalue weighted by Crippen LogP contribution is -2.69. The Kier molecular flexibility index (Phi) is 10.6. The van der Waals surface area contributed by atoms with Crippen molar-refractivity contribution in [1.82, 2.24) is 5.32 Å². The Morgan fingerprint density at radius 2 is 1.67 bits per heavy atom. The number of hydrogen-bond acceptors (Lipinski definition) is 7. The molecule has 4 N–H and O–H groups in total. The molecule has 0 saturated heterocycles. The van der Waals surface area contributed by atoms with Crippen LogP contribution < -0.4 is 5.32 Å². The molecule has 0 aromatic carbocycles. The van der Waals surface area contributed by atoms with E-state index in [2.05, 4.69) is 5.32 Å². The summed E-state index contributed by atoms with van der Waals surface area (Å²) in [5, 5.41) is 35.0. The molecule has 43 heavy (non-hydrogen) atoms. The zero-order valence-electron chi connectivity index (χ0n) is 26.2. The molecule has 2 saturated carbocycles. The number of allylic oxidation sites excluding steroid dienone is 4. The topological polar surface area (TPSA) is 133 Å². The molecule has 2 fully saturated rings. The predicted octanol–water partition coefficient (Wildman–Crippen LogP) is 5.13. The molecule has 0 radical (unpaired) electrons. The van der Waals surface area contributed by atoms with E-state index in [0.717, 1.165) is 44.9 Å².